The largest absolute Gasteiger partial charge is 0.468 e. The number of nitrogens with one attached hydrogen (secondary N) is 2. The van der Waals surface area contributed by atoms with Crippen LogP contribution in [0.5, 0.6) is 6.01 Å². The van der Waals surface area contributed by atoms with Crippen molar-refractivity contribution in [3.8, 4) is 6.01 Å². The van der Waals surface area contributed by atoms with Gasteiger partial charge in [-0.3, -0.25) is 9.78 Å². The van der Waals surface area contributed by atoms with Crippen LogP contribution in [0.25, 0.3) is 11.2 Å². The van der Waals surface area contributed by atoms with Gasteiger partial charge in [0.2, 0.25) is 5.65 Å². The molecule has 0 aliphatic rings. The molecule has 0 atom stereocenters. The lowest BCUT2D eigenvalue weighted by molar-refractivity contribution is 0.380. The fourth-order valence-electron chi connectivity index (χ4n) is 0.833. The highest BCUT2D eigenvalue weighted by Crippen LogP contribution is 2.01. The molecule has 0 saturated carbocycles. The summed E-state index contributed by atoms with van der Waals surface area (Å²) >= 11 is 0. The number of aromatic nitrogens is 5. The zero-order chi connectivity index (χ0) is 8.55. The van der Waals surface area contributed by atoms with Crippen molar-refractivity contribution in [3.63, 3.8) is 0 Å². The molecule has 0 aromatic carbocycles. The van der Waals surface area contributed by atoms with Crippen LogP contribution in [0.1, 0.15) is 0 Å². The lowest BCUT2D eigenvalue weighted by Crippen LogP contribution is -2.09. The Bertz CT molecular complexity index is 458. The topological polar surface area (TPSA) is 96.6 Å². The van der Waals surface area contributed by atoms with E-state index in [4.69, 9.17) is 4.74 Å². The maximum absolute atomic E-state index is 11.1. The minimum atomic E-state index is -0.370. The number of fused-ring (bicyclic) bond motifs is 1. The Morgan fingerprint density at radius 1 is 1.42 bits per heavy atom. The second-order valence-corrected chi connectivity index (χ2v) is 2.07. The van der Waals surface area contributed by atoms with Crippen LogP contribution in [-0.4, -0.2) is 32.5 Å². The lowest BCUT2D eigenvalue weighted by atomic mass is 10.5. The third-order valence-electron chi connectivity index (χ3n) is 1.37. The summed E-state index contributed by atoms with van der Waals surface area (Å²) in [5.74, 6) is 0. The summed E-state index contributed by atoms with van der Waals surface area (Å²) in [7, 11) is 1.41. The van der Waals surface area contributed by atoms with Gasteiger partial charge in [0.1, 0.15) is 0 Å². The van der Waals surface area contributed by atoms with Gasteiger partial charge in [0.05, 0.1) is 7.11 Å². The summed E-state index contributed by atoms with van der Waals surface area (Å²) in [6, 6.07) is 0.126. The number of aromatic amines is 2. The Morgan fingerprint density at radius 3 is 3.00 bits per heavy atom. The summed E-state index contributed by atoms with van der Waals surface area (Å²) < 4.78 is 4.72. The van der Waals surface area contributed by atoms with Crippen molar-refractivity contribution >= 4 is 11.2 Å². The zero-order valence-electron chi connectivity index (χ0n) is 6.16. The number of rotatable bonds is 1. The number of H-pyrrole nitrogens is 2. The Morgan fingerprint density at radius 2 is 2.25 bits per heavy atom. The molecule has 2 rings (SSSR count). The van der Waals surface area contributed by atoms with Gasteiger partial charge in [0.25, 0.3) is 11.6 Å². The van der Waals surface area contributed by atoms with Crippen LogP contribution < -0.4 is 10.3 Å². The van der Waals surface area contributed by atoms with Gasteiger partial charge < -0.3 is 4.74 Å². The first kappa shape index (κ1) is 6.77. The monoisotopic (exact) mass is 167 g/mol. The van der Waals surface area contributed by atoms with E-state index in [0.29, 0.717) is 0 Å². The summed E-state index contributed by atoms with van der Waals surface area (Å²) in [4.78, 5) is 17.3. The predicted octanol–water partition coefficient (Wildman–Crippen LogP) is -0.950. The summed E-state index contributed by atoms with van der Waals surface area (Å²) in [5, 5.41) is 9.53. The standard InChI is InChI=1S/C5H5N5O2/c1-12-5-6-3-2(4(11)7-5)8-10-9-3/h1H3,(H2,6,7,8,9,10,11). The summed E-state index contributed by atoms with van der Waals surface area (Å²) in [6.45, 7) is 0. The maximum atomic E-state index is 11.1. The van der Waals surface area contributed by atoms with Crippen molar-refractivity contribution in [2.24, 2.45) is 0 Å². The molecular weight excluding hydrogens is 162 g/mol. The molecule has 2 aromatic heterocycles. The molecule has 62 valence electrons. The van der Waals surface area contributed by atoms with E-state index in [2.05, 4.69) is 25.4 Å². The lowest BCUT2D eigenvalue weighted by Gasteiger charge is -1.94. The molecule has 0 fully saturated rings. The van der Waals surface area contributed by atoms with E-state index in [1.54, 1.807) is 0 Å². The Labute approximate surface area is 65.8 Å². The Balaban J connectivity index is 2.84. The summed E-state index contributed by atoms with van der Waals surface area (Å²) in [5.41, 5.74) is 0.0528. The smallest absolute Gasteiger partial charge is 0.298 e. The first-order valence-corrected chi connectivity index (χ1v) is 3.16. The van der Waals surface area contributed by atoms with E-state index in [9.17, 15) is 4.79 Å². The molecule has 2 aromatic rings. The van der Waals surface area contributed by atoms with E-state index in [-0.39, 0.29) is 22.7 Å². The Kier molecular flexibility index (Phi) is 1.29. The molecule has 7 heteroatoms. The van der Waals surface area contributed by atoms with E-state index in [1.807, 2.05) is 0 Å². The fourth-order valence-corrected chi connectivity index (χ4v) is 0.833. The van der Waals surface area contributed by atoms with Gasteiger partial charge in [-0.1, -0.05) is 0 Å². The number of ether oxygens (including phenoxy) is 1. The molecule has 2 heterocycles. The SMILES string of the molecule is COc1nc2n[nH]nc2c(=O)[nH]1. The molecular formula is C5H5N5O2. The van der Waals surface area contributed by atoms with E-state index >= 15 is 0 Å². The van der Waals surface area contributed by atoms with Gasteiger partial charge in [0, 0.05) is 0 Å². The Hall–Kier alpha value is -1.92. The minimum Gasteiger partial charge on any atom is -0.468 e. The number of nitrogens with zero attached hydrogens (tertiary/aromatic N) is 3. The van der Waals surface area contributed by atoms with Crippen LogP contribution in [0.4, 0.5) is 0 Å². The molecule has 7 nitrogen and oxygen atoms in total. The van der Waals surface area contributed by atoms with Crippen molar-refractivity contribution in [3.05, 3.63) is 10.4 Å². The van der Waals surface area contributed by atoms with E-state index in [1.165, 1.54) is 7.11 Å². The van der Waals surface area contributed by atoms with Crippen LogP contribution in [0.2, 0.25) is 0 Å². The zero-order valence-corrected chi connectivity index (χ0v) is 6.16. The highest BCUT2D eigenvalue weighted by atomic mass is 16.5. The third kappa shape index (κ3) is 0.831. The van der Waals surface area contributed by atoms with Crippen LogP contribution in [-0.2, 0) is 0 Å². The predicted molar refractivity (Wildman–Crippen MR) is 38.9 cm³/mol. The number of methoxy groups -OCH3 is 1. The fraction of sp³-hybridized carbons (Fsp3) is 0.200. The summed E-state index contributed by atoms with van der Waals surface area (Å²) in [6.07, 6.45) is 0. The molecule has 0 radical (unpaired) electrons. The van der Waals surface area contributed by atoms with Crippen molar-refractivity contribution in [2.45, 2.75) is 0 Å². The molecule has 0 amide bonds. The van der Waals surface area contributed by atoms with Gasteiger partial charge in [-0.2, -0.15) is 10.2 Å². The van der Waals surface area contributed by atoms with Crippen molar-refractivity contribution in [1.29, 1.82) is 0 Å². The number of hydrogen-bond donors (Lipinski definition) is 2. The van der Waals surface area contributed by atoms with Crippen molar-refractivity contribution in [1.82, 2.24) is 25.4 Å². The molecule has 0 aliphatic carbocycles. The highest BCUT2D eigenvalue weighted by Gasteiger charge is 2.06. The second-order valence-electron chi connectivity index (χ2n) is 2.07. The van der Waals surface area contributed by atoms with Gasteiger partial charge in [-0.05, 0) is 0 Å². The van der Waals surface area contributed by atoms with E-state index in [0.717, 1.165) is 0 Å². The molecule has 12 heavy (non-hydrogen) atoms. The molecule has 0 aliphatic heterocycles. The van der Waals surface area contributed by atoms with Crippen LogP contribution in [0, 0.1) is 0 Å². The van der Waals surface area contributed by atoms with E-state index < -0.39 is 0 Å². The number of hydrogen-bond acceptors (Lipinski definition) is 5. The van der Waals surface area contributed by atoms with Crippen molar-refractivity contribution < 1.29 is 4.74 Å². The third-order valence-corrected chi connectivity index (χ3v) is 1.37. The highest BCUT2D eigenvalue weighted by molar-refractivity contribution is 5.67. The first-order chi connectivity index (χ1) is 5.81. The van der Waals surface area contributed by atoms with Gasteiger partial charge in [-0.25, -0.2) is 0 Å². The maximum Gasteiger partial charge on any atom is 0.298 e. The van der Waals surface area contributed by atoms with Crippen LogP contribution >= 0.6 is 0 Å². The average molecular weight is 167 g/mol. The molecule has 0 spiro atoms. The van der Waals surface area contributed by atoms with Gasteiger partial charge in [-0.15, -0.1) is 10.2 Å². The molecule has 0 unspecified atom stereocenters. The minimum absolute atomic E-state index is 0.126. The van der Waals surface area contributed by atoms with Crippen LogP contribution in [0.15, 0.2) is 4.79 Å². The normalized spacial score (nSPS) is 10.4. The van der Waals surface area contributed by atoms with Gasteiger partial charge in [0.15, 0.2) is 5.52 Å². The second kappa shape index (κ2) is 2.29. The molecule has 0 saturated heterocycles. The van der Waals surface area contributed by atoms with Crippen molar-refractivity contribution in [2.75, 3.05) is 7.11 Å². The molecule has 2 N–H and O–H groups in total. The average Bonchev–Trinajstić information content (AvgIpc) is 2.52. The van der Waals surface area contributed by atoms with Gasteiger partial charge >= 0.3 is 0 Å². The first-order valence-electron chi connectivity index (χ1n) is 3.16. The quantitative estimate of drug-likeness (QED) is 0.570. The molecule has 0 bridgehead atoms. The van der Waals surface area contributed by atoms with Crippen LogP contribution in [0.3, 0.4) is 0 Å².